The minimum Gasteiger partial charge on any atom is -0.481 e. The molecule has 2 aromatic rings. The van der Waals surface area contributed by atoms with E-state index in [1.807, 2.05) is 60.7 Å². The molecule has 0 amide bonds. The lowest BCUT2D eigenvalue weighted by atomic mass is 9.52. The Bertz CT molecular complexity index is 648. The molecule has 0 saturated heterocycles. The van der Waals surface area contributed by atoms with E-state index in [0.717, 1.165) is 11.1 Å². The molecule has 0 spiro atoms. The van der Waals surface area contributed by atoms with E-state index in [9.17, 15) is 14.7 Å². The number of carboxylic acids is 1. The number of carbonyl (C=O) groups excluding carboxylic acids is 1. The van der Waals surface area contributed by atoms with E-state index in [4.69, 9.17) is 4.74 Å². The third-order valence-electron chi connectivity index (χ3n) is 4.68. The zero-order chi connectivity index (χ0) is 16.4. The number of carbonyl (C=O) groups is 2. The maximum Gasteiger partial charge on any atom is 0.309 e. The molecule has 4 nitrogen and oxygen atoms in total. The average molecular weight is 310 g/mol. The number of carboxylic acid groups (broad SMARTS) is 1. The van der Waals surface area contributed by atoms with Crippen LogP contribution in [0.3, 0.4) is 0 Å². The SMILES string of the molecule is COC(=O)[C@H]1[C@@H](c2ccccc2)[C@H](C(=O)O)[C@@H]1c1ccccc1. The van der Waals surface area contributed by atoms with E-state index < -0.39 is 17.8 Å². The van der Waals surface area contributed by atoms with Crippen molar-refractivity contribution in [1.29, 1.82) is 0 Å². The molecule has 0 unspecified atom stereocenters. The molecule has 1 saturated carbocycles. The summed E-state index contributed by atoms with van der Waals surface area (Å²) in [5, 5.41) is 9.72. The molecule has 23 heavy (non-hydrogen) atoms. The third kappa shape index (κ3) is 2.61. The number of ether oxygens (including phenoxy) is 1. The number of aliphatic carboxylic acids is 1. The summed E-state index contributed by atoms with van der Waals surface area (Å²) in [6.07, 6.45) is 0. The summed E-state index contributed by atoms with van der Waals surface area (Å²) in [5.74, 6) is -3.09. The van der Waals surface area contributed by atoms with Gasteiger partial charge in [0.1, 0.15) is 0 Å². The van der Waals surface area contributed by atoms with Crippen LogP contribution in [0.15, 0.2) is 60.7 Å². The first-order valence-electron chi connectivity index (χ1n) is 7.55. The van der Waals surface area contributed by atoms with Crippen molar-refractivity contribution < 1.29 is 19.4 Å². The topological polar surface area (TPSA) is 63.6 Å². The van der Waals surface area contributed by atoms with Crippen molar-refractivity contribution in [2.45, 2.75) is 11.8 Å². The Kier molecular flexibility index (Phi) is 4.15. The van der Waals surface area contributed by atoms with Crippen molar-refractivity contribution in [2.24, 2.45) is 11.8 Å². The molecular formula is C19H18O4. The predicted octanol–water partition coefficient (Wildman–Crippen LogP) is 3.06. The van der Waals surface area contributed by atoms with E-state index in [0.29, 0.717) is 0 Å². The summed E-state index contributed by atoms with van der Waals surface area (Å²) in [7, 11) is 1.35. The molecule has 2 atom stereocenters. The summed E-state index contributed by atoms with van der Waals surface area (Å²) < 4.78 is 4.95. The fourth-order valence-electron chi connectivity index (χ4n) is 3.66. The minimum atomic E-state index is -0.882. The highest BCUT2D eigenvalue weighted by molar-refractivity contribution is 5.84. The second-order valence-electron chi connectivity index (χ2n) is 5.79. The minimum absolute atomic E-state index is 0.356. The van der Waals surface area contributed by atoms with Gasteiger partial charge >= 0.3 is 11.9 Å². The average Bonchev–Trinajstić information content (AvgIpc) is 2.55. The maximum absolute atomic E-state index is 12.3. The van der Waals surface area contributed by atoms with Gasteiger partial charge in [-0.1, -0.05) is 60.7 Å². The van der Waals surface area contributed by atoms with E-state index in [-0.39, 0.29) is 17.8 Å². The molecule has 0 aromatic heterocycles. The molecule has 1 aliphatic carbocycles. The number of hydrogen-bond donors (Lipinski definition) is 1. The Morgan fingerprint density at radius 1 is 0.826 bits per heavy atom. The van der Waals surface area contributed by atoms with Gasteiger partial charge in [-0.05, 0) is 11.1 Å². The van der Waals surface area contributed by atoms with Crippen LogP contribution in [0.2, 0.25) is 0 Å². The van der Waals surface area contributed by atoms with Crippen molar-refractivity contribution in [3.8, 4) is 0 Å². The lowest BCUT2D eigenvalue weighted by molar-refractivity contribution is -0.162. The van der Waals surface area contributed by atoms with Crippen LogP contribution in [0.4, 0.5) is 0 Å². The van der Waals surface area contributed by atoms with Gasteiger partial charge in [0.05, 0.1) is 18.9 Å². The van der Waals surface area contributed by atoms with Gasteiger partial charge in [0.15, 0.2) is 0 Å². The van der Waals surface area contributed by atoms with Gasteiger partial charge < -0.3 is 9.84 Å². The highest BCUT2D eigenvalue weighted by atomic mass is 16.5. The molecule has 118 valence electrons. The predicted molar refractivity (Wildman–Crippen MR) is 85.0 cm³/mol. The van der Waals surface area contributed by atoms with Crippen molar-refractivity contribution >= 4 is 11.9 Å². The van der Waals surface area contributed by atoms with Gasteiger partial charge in [-0.15, -0.1) is 0 Å². The van der Waals surface area contributed by atoms with Gasteiger partial charge in [0, 0.05) is 11.8 Å². The van der Waals surface area contributed by atoms with E-state index >= 15 is 0 Å². The molecule has 4 heteroatoms. The summed E-state index contributed by atoms with van der Waals surface area (Å²) >= 11 is 0. The molecule has 1 N–H and O–H groups in total. The standard InChI is InChI=1S/C19H18O4/c1-23-19(22)17-14(12-8-4-2-5-9-12)16(18(20)21)15(17)13-10-6-3-7-11-13/h2-11,14-17H,1H3,(H,20,21)/t14-,15-,16-,17-/m0/s1. The molecular weight excluding hydrogens is 292 g/mol. The molecule has 0 heterocycles. The second-order valence-corrected chi connectivity index (χ2v) is 5.79. The molecule has 0 aliphatic heterocycles. The molecule has 1 aliphatic rings. The van der Waals surface area contributed by atoms with Crippen LogP contribution in [-0.4, -0.2) is 24.2 Å². The van der Waals surface area contributed by atoms with Crippen molar-refractivity contribution in [3.05, 3.63) is 71.8 Å². The van der Waals surface area contributed by atoms with Gasteiger partial charge in [-0.3, -0.25) is 9.59 Å². The maximum atomic E-state index is 12.3. The molecule has 0 bridgehead atoms. The van der Waals surface area contributed by atoms with Gasteiger partial charge in [-0.2, -0.15) is 0 Å². The fourth-order valence-corrected chi connectivity index (χ4v) is 3.66. The number of rotatable bonds is 4. The van der Waals surface area contributed by atoms with E-state index in [2.05, 4.69) is 0 Å². The van der Waals surface area contributed by atoms with Crippen LogP contribution in [-0.2, 0) is 14.3 Å². The number of esters is 1. The zero-order valence-corrected chi connectivity index (χ0v) is 12.8. The first-order chi connectivity index (χ1) is 11.1. The summed E-state index contributed by atoms with van der Waals surface area (Å²) in [6, 6.07) is 18.7. The summed E-state index contributed by atoms with van der Waals surface area (Å²) in [4.78, 5) is 24.2. The Morgan fingerprint density at radius 3 is 1.61 bits per heavy atom. The number of hydrogen-bond acceptors (Lipinski definition) is 3. The summed E-state index contributed by atoms with van der Waals surface area (Å²) in [6.45, 7) is 0. The first-order valence-corrected chi connectivity index (χ1v) is 7.55. The van der Waals surface area contributed by atoms with Crippen LogP contribution >= 0.6 is 0 Å². The summed E-state index contributed by atoms with van der Waals surface area (Å²) in [5.41, 5.74) is 1.73. The molecule has 2 aromatic carbocycles. The molecule has 3 rings (SSSR count). The lowest BCUT2D eigenvalue weighted by Crippen LogP contribution is -2.51. The lowest BCUT2D eigenvalue weighted by Gasteiger charge is -2.48. The van der Waals surface area contributed by atoms with Crippen LogP contribution in [0.5, 0.6) is 0 Å². The van der Waals surface area contributed by atoms with Crippen molar-refractivity contribution in [2.75, 3.05) is 7.11 Å². The second kappa shape index (κ2) is 6.24. The van der Waals surface area contributed by atoms with E-state index in [1.165, 1.54) is 7.11 Å². The molecule has 1 fully saturated rings. The van der Waals surface area contributed by atoms with Crippen LogP contribution in [0, 0.1) is 11.8 Å². The Labute approximate surface area is 134 Å². The fraction of sp³-hybridized carbons (Fsp3) is 0.263. The largest absolute Gasteiger partial charge is 0.481 e. The normalized spacial score (nSPS) is 26.1. The highest BCUT2D eigenvalue weighted by Gasteiger charge is 2.58. The Hall–Kier alpha value is -2.62. The van der Waals surface area contributed by atoms with E-state index in [1.54, 1.807) is 0 Å². The van der Waals surface area contributed by atoms with Crippen LogP contribution < -0.4 is 0 Å². The zero-order valence-electron chi connectivity index (χ0n) is 12.8. The van der Waals surface area contributed by atoms with Crippen LogP contribution in [0.25, 0.3) is 0 Å². The Morgan fingerprint density at radius 2 is 1.26 bits per heavy atom. The van der Waals surface area contributed by atoms with Crippen LogP contribution in [0.1, 0.15) is 23.0 Å². The van der Waals surface area contributed by atoms with Crippen molar-refractivity contribution in [1.82, 2.24) is 0 Å². The first kappa shape index (κ1) is 15.3. The Balaban J connectivity index is 2.05. The smallest absolute Gasteiger partial charge is 0.309 e. The highest BCUT2D eigenvalue weighted by Crippen LogP contribution is 2.57. The van der Waals surface area contributed by atoms with Gasteiger partial charge in [0.25, 0.3) is 0 Å². The van der Waals surface area contributed by atoms with Gasteiger partial charge in [0.2, 0.25) is 0 Å². The molecule has 0 radical (unpaired) electrons. The quantitative estimate of drug-likeness (QED) is 0.882. The third-order valence-corrected chi connectivity index (χ3v) is 4.68. The number of methoxy groups -OCH3 is 1. The monoisotopic (exact) mass is 310 g/mol. The van der Waals surface area contributed by atoms with Gasteiger partial charge in [-0.25, -0.2) is 0 Å². The number of benzene rings is 2. The van der Waals surface area contributed by atoms with Crippen molar-refractivity contribution in [3.63, 3.8) is 0 Å².